The van der Waals surface area contributed by atoms with Gasteiger partial charge in [-0.15, -0.1) is 0 Å². The van der Waals surface area contributed by atoms with Gasteiger partial charge in [0.25, 0.3) is 0 Å². The Morgan fingerprint density at radius 1 is 1.33 bits per heavy atom. The first-order valence-corrected chi connectivity index (χ1v) is 6.19. The summed E-state index contributed by atoms with van der Waals surface area (Å²) in [6, 6.07) is 5.89. The van der Waals surface area contributed by atoms with Gasteiger partial charge in [0.2, 0.25) is 0 Å². The van der Waals surface area contributed by atoms with Crippen molar-refractivity contribution in [3.63, 3.8) is 0 Å². The minimum absolute atomic E-state index is 0.583. The van der Waals surface area contributed by atoms with Crippen LogP contribution in [-0.2, 0) is 0 Å². The summed E-state index contributed by atoms with van der Waals surface area (Å²) < 4.78 is 4.40. The van der Waals surface area contributed by atoms with E-state index in [9.17, 15) is 0 Å². The molecule has 0 radical (unpaired) electrons. The first-order chi connectivity index (χ1) is 7.11. The van der Waals surface area contributed by atoms with E-state index in [0.29, 0.717) is 4.77 Å². The van der Waals surface area contributed by atoms with Crippen molar-refractivity contribution in [1.82, 2.24) is 14.8 Å². The van der Waals surface area contributed by atoms with Crippen LogP contribution in [0.4, 0.5) is 0 Å². The van der Waals surface area contributed by atoms with Crippen LogP contribution in [0.15, 0.2) is 27.1 Å². The summed E-state index contributed by atoms with van der Waals surface area (Å²) in [7, 11) is 0. The van der Waals surface area contributed by atoms with Crippen LogP contribution in [0.3, 0.4) is 0 Å². The van der Waals surface area contributed by atoms with Crippen LogP contribution >= 0.6 is 44.1 Å². The van der Waals surface area contributed by atoms with Gasteiger partial charge >= 0.3 is 0 Å². The Kier molecular flexibility index (Phi) is 3.08. The zero-order valence-electron chi connectivity index (χ0n) is 7.79. The second kappa shape index (κ2) is 4.19. The average Bonchev–Trinajstić information content (AvgIpc) is 2.49. The number of halogens is 2. The molecule has 0 fully saturated rings. The fraction of sp³-hybridized carbons (Fsp3) is 0.111. The monoisotopic (exact) mass is 347 g/mol. The predicted molar refractivity (Wildman–Crippen MR) is 68.9 cm³/mol. The first kappa shape index (κ1) is 11.0. The molecule has 1 aromatic heterocycles. The topological polar surface area (TPSA) is 33.6 Å². The number of aromatic nitrogens is 3. The summed E-state index contributed by atoms with van der Waals surface area (Å²) in [5.74, 6) is 0.826. The molecule has 0 atom stereocenters. The SMILES string of the molecule is Cc1n[nH]c(=S)n1-c1c(Br)cccc1Br. The Balaban J connectivity index is 2.80. The number of hydrogen-bond donors (Lipinski definition) is 1. The maximum atomic E-state index is 5.18. The third-order valence-corrected chi connectivity index (χ3v) is 3.55. The van der Waals surface area contributed by atoms with Gasteiger partial charge in [0.15, 0.2) is 4.77 Å². The van der Waals surface area contributed by atoms with E-state index in [1.54, 1.807) is 0 Å². The molecule has 0 spiro atoms. The van der Waals surface area contributed by atoms with Crippen molar-refractivity contribution in [2.24, 2.45) is 0 Å². The summed E-state index contributed by atoms with van der Waals surface area (Å²) in [5.41, 5.74) is 0.966. The molecule has 2 aromatic rings. The second-order valence-electron chi connectivity index (χ2n) is 2.98. The molecule has 0 unspecified atom stereocenters. The van der Waals surface area contributed by atoms with E-state index in [1.165, 1.54) is 0 Å². The fourth-order valence-electron chi connectivity index (χ4n) is 1.34. The van der Waals surface area contributed by atoms with E-state index in [2.05, 4.69) is 42.1 Å². The molecule has 1 heterocycles. The highest BCUT2D eigenvalue weighted by molar-refractivity contribution is 9.11. The summed E-state index contributed by atoms with van der Waals surface area (Å²) >= 11 is 12.2. The van der Waals surface area contributed by atoms with Crippen LogP contribution in [0, 0.1) is 11.7 Å². The number of para-hydroxylation sites is 1. The molecule has 6 heteroatoms. The third kappa shape index (κ3) is 1.93. The summed E-state index contributed by atoms with van der Waals surface area (Å²) in [5, 5.41) is 6.84. The first-order valence-electron chi connectivity index (χ1n) is 4.19. The van der Waals surface area contributed by atoms with Gasteiger partial charge in [-0.25, -0.2) is 0 Å². The Hall–Kier alpha value is -0.460. The molecular formula is C9H7Br2N3S. The van der Waals surface area contributed by atoms with Gasteiger partial charge in [-0.3, -0.25) is 9.67 Å². The number of hydrogen-bond acceptors (Lipinski definition) is 2. The number of aromatic amines is 1. The van der Waals surface area contributed by atoms with Crippen LogP contribution in [-0.4, -0.2) is 14.8 Å². The average molecular weight is 349 g/mol. The maximum absolute atomic E-state index is 5.18. The van der Waals surface area contributed by atoms with Gasteiger partial charge < -0.3 is 0 Å². The van der Waals surface area contributed by atoms with Crippen molar-refractivity contribution in [3.8, 4) is 5.69 Å². The fourth-order valence-corrected chi connectivity index (χ4v) is 2.96. The highest BCUT2D eigenvalue weighted by Gasteiger charge is 2.10. The Labute approximate surface area is 109 Å². The molecule has 78 valence electrons. The third-order valence-electron chi connectivity index (χ3n) is 2.00. The normalized spacial score (nSPS) is 10.6. The Morgan fingerprint density at radius 2 is 1.93 bits per heavy atom. The number of nitrogens with zero attached hydrogens (tertiary/aromatic N) is 2. The van der Waals surface area contributed by atoms with Crippen molar-refractivity contribution >= 4 is 44.1 Å². The van der Waals surface area contributed by atoms with E-state index in [4.69, 9.17) is 12.2 Å². The zero-order chi connectivity index (χ0) is 11.0. The molecule has 0 aliphatic heterocycles. The molecule has 15 heavy (non-hydrogen) atoms. The lowest BCUT2D eigenvalue weighted by molar-refractivity contribution is 0.953. The van der Waals surface area contributed by atoms with Crippen molar-refractivity contribution < 1.29 is 0 Å². The van der Waals surface area contributed by atoms with E-state index >= 15 is 0 Å². The van der Waals surface area contributed by atoms with Gasteiger partial charge in [-0.05, 0) is 63.1 Å². The molecular weight excluding hydrogens is 342 g/mol. The number of nitrogens with one attached hydrogen (secondary N) is 1. The summed E-state index contributed by atoms with van der Waals surface area (Å²) in [4.78, 5) is 0. The van der Waals surface area contributed by atoms with E-state index in [1.807, 2.05) is 29.7 Å². The molecule has 0 bridgehead atoms. The van der Waals surface area contributed by atoms with Crippen LogP contribution in [0.5, 0.6) is 0 Å². The van der Waals surface area contributed by atoms with Crippen LogP contribution < -0.4 is 0 Å². The minimum atomic E-state index is 0.583. The highest BCUT2D eigenvalue weighted by atomic mass is 79.9. The lowest BCUT2D eigenvalue weighted by Crippen LogP contribution is -1.99. The zero-order valence-corrected chi connectivity index (χ0v) is 11.8. The Morgan fingerprint density at radius 3 is 2.40 bits per heavy atom. The maximum Gasteiger partial charge on any atom is 0.199 e. The lowest BCUT2D eigenvalue weighted by Gasteiger charge is -2.08. The molecule has 0 saturated heterocycles. The number of rotatable bonds is 1. The van der Waals surface area contributed by atoms with Crippen molar-refractivity contribution in [2.45, 2.75) is 6.92 Å². The van der Waals surface area contributed by atoms with Gasteiger partial charge in [0.05, 0.1) is 5.69 Å². The van der Waals surface area contributed by atoms with E-state index in [-0.39, 0.29) is 0 Å². The summed E-state index contributed by atoms with van der Waals surface area (Å²) in [6.45, 7) is 1.90. The van der Waals surface area contributed by atoms with Crippen LogP contribution in [0.25, 0.3) is 5.69 Å². The molecule has 0 aliphatic rings. The smallest absolute Gasteiger partial charge is 0.199 e. The Bertz CT molecular complexity index is 538. The molecule has 3 nitrogen and oxygen atoms in total. The van der Waals surface area contributed by atoms with Gasteiger partial charge in [-0.2, -0.15) is 5.10 Å². The number of aryl methyl sites for hydroxylation is 1. The van der Waals surface area contributed by atoms with Crippen molar-refractivity contribution in [1.29, 1.82) is 0 Å². The van der Waals surface area contributed by atoms with Gasteiger partial charge in [-0.1, -0.05) is 6.07 Å². The minimum Gasteiger partial charge on any atom is -0.270 e. The molecule has 1 N–H and O–H groups in total. The standard InChI is InChI=1S/C9H7Br2N3S/c1-5-12-13-9(15)14(5)8-6(10)3-2-4-7(8)11/h2-4H,1H3,(H,13,15). The summed E-state index contributed by atoms with van der Waals surface area (Å²) in [6.07, 6.45) is 0. The highest BCUT2D eigenvalue weighted by Crippen LogP contribution is 2.29. The van der Waals surface area contributed by atoms with E-state index < -0.39 is 0 Å². The quantitative estimate of drug-likeness (QED) is 0.796. The van der Waals surface area contributed by atoms with Gasteiger partial charge in [0.1, 0.15) is 5.82 Å². The molecule has 2 rings (SSSR count). The van der Waals surface area contributed by atoms with Crippen molar-refractivity contribution in [2.75, 3.05) is 0 Å². The molecule has 1 aromatic carbocycles. The predicted octanol–water partition coefficient (Wildman–Crippen LogP) is 3.76. The van der Waals surface area contributed by atoms with Crippen molar-refractivity contribution in [3.05, 3.63) is 37.7 Å². The number of benzene rings is 1. The molecule has 0 aliphatic carbocycles. The van der Waals surface area contributed by atoms with Crippen LogP contribution in [0.1, 0.15) is 5.82 Å². The van der Waals surface area contributed by atoms with Crippen LogP contribution in [0.2, 0.25) is 0 Å². The second-order valence-corrected chi connectivity index (χ2v) is 5.08. The van der Waals surface area contributed by atoms with E-state index in [0.717, 1.165) is 20.5 Å². The lowest BCUT2D eigenvalue weighted by atomic mass is 10.3. The molecule has 0 saturated carbocycles. The molecule has 0 amide bonds. The van der Waals surface area contributed by atoms with Gasteiger partial charge in [0, 0.05) is 8.95 Å². The largest absolute Gasteiger partial charge is 0.270 e. The number of H-pyrrole nitrogens is 1.